The average Bonchev–Trinajstić information content (AvgIpc) is 2.58. The molecule has 0 aliphatic carbocycles. The van der Waals surface area contributed by atoms with Crippen LogP contribution in [-0.4, -0.2) is 54.3 Å². The van der Waals surface area contributed by atoms with E-state index in [4.69, 9.17) is 0 Å². The van der Waals surface area contributed by atoms with Crippen LogP contribution in [0.1, 0.15) is 0 Å². The summed E-state index contributed by atoms with van der Waals surface area (Å²) in [6.45, 7) is -0.267. The smallest absolute Gasteiger partial charge is 0.263 e. The maximum Gasteiger partial charge on any atom is 0.263 e. The highest BCUT2D eigenvalue weighted by Gasteiger charge is 2.29. The highest BCUT2D eigenvalue weighted by atomic mass is 79.9. The molecule has 1 aromatic rings. The van der Waals surface area contributed by atoms with Crippen molar-refractivity contribution in [1.29, 1.82) is 0 Å². The van der Waals surface area contributed by atoms with Crippen LogP contribution >= 0.6 is 15.9 Å². The Morgan fingerprint density at radius 1 is 1.59 bits per heavy atom. The summed E-state index contributed by atoms with van der Waals surface area (Å²) in [5.41, 5.74) is 0. The first kappa shape index (κ1) is 14.1. The van der Waals surface area contributed by atoms with Gasteiger partial charge in [0.25, 0.3) is 10.0 Å². The fraction of sp³-hybridized carbons (Fsp3) is 0.571. The van der Waals surface area contributed by atoms with Crippen LogP contribution < -0.4 is 5.32 Å². The van der Waals surface area contributed by atoms with Gasteiger partial charge in [-0.15, -0.1) is 5.10 Å². The topological polar surface area (TPSA) is 97.2 Å². The normalized spacial score (nSPS) is 11.8. The molecule has 0 saturated carbocycles. The van der Waals surface area contributed by atoms with Gasteiger partial charge in [-0.05, 0) is 15.9 Å². The zero-order valence-corrected chi connectivity index (χ0v) is 11.9. The van der Waals surface area contributed by atoms with Gasteiger partial charge >= 0.3 is 0 Å². The molecule has 0 aliphatic heterocycles. The molecule has 0 unspecified atom stereocenters. The van der Waals surface area contributed by atoms with Crippen LogP contribution in [0.3, 0.4) is 0 Å². The van der Waals surface area contributed by atoms with E-state index in [1.165, 1.54) is 21.1 Å². The number of likely N-dealkylation sites (N-methyl/N-ethyl adjacent to an activating group) is 2. The van der Waals surface area contributed by atoms with E-state index in [1.54, 1.807) is 0 Å². The fourth-order valence-electron chi connectivity index (χ4n) is 1.11. The third kappa shape index (κ3) is 2.82. The Morgan fingerprint density at radius 3 is 2.59 bits per heavy atom. The number of sulfonamides is 1. The van der Waals surface area contributed by atoms with Crippen LogP contribution in [0, 0.1) is 0 Å². The maximum absolute atomic E-state index is 12.1. The number of nitrogens with one attached hydrogen (secondary N) is 1. The Kier molecular flexibility index (Phi) is 4.22. The molecule has 8 nitrogen and oxygen atoms in total. The van der Waals surface area contributed by atoms with Crippen LogP contribution in [0.4, 0.5) is 0 Å². The summed E-state index contributed by atoms with van der Waals surface area (Å²) < 4.78 is 26.4. The number of amides is 1. The first-order valence-electron chi connectivity index (χ1n) is 4.52. The SMILES string of the molecule is CNC(=O)CN(C)S(=O)(=O)c1c(Br)nnn1C. The van der Waals surface area contributed by atoms with Crippen molar-refractivity contribution in [2.24, 2.45) is 7.05 Å². The van der Waals surface area contributed by atoms with Crippen molar-refractivity contribution in [2.75, 3.05) is 20.6 Å². The third-order valence-electron chi connectivity index (χ3n) is 2.04. The van der Waals surface area contributed by atoms with Gasteiger partial charge in [-0.25, -0.2) is 13.1 Å². The first-order chi connectivity index (χ1) is 7.80. The number of hydrogen-bond donors (Lipinski definition) is 1. The molecule has 0 atom stereocenters. The molecule has 0 radical (unpaired) electrons. The van der Waals surface area contributed by atoms with Gasteiger partial charge < -0.3 is 5.32 Å². The quantitative estimate of drug-likeness (QED) is 0.761. The summed E-state index contributed by atoms with van der Waals surface area (Å²) in [6.07, 6.45) is 0. The Labute approximate surface area is 107 Å². The minimum Gasteiger partial charge on any atom is -0.358 e. The van der Waals surface area contributed by atoms with E-state index in [-0.39, 0.29) is 16.2 Å². The van der Waals surface area contributed by atoms with Gasteiger partial charge in [0.1, 0.15) is 0 Å². The number of rotatable bonds is 4. The highest BCUT2D eigenvalue weighted by Crippen LogP contribution is 2.20. The maximum atomic E-state index is 12.1. The summed E-state index contributed by atoms with van der Waals surface area (Å²) in [6, 6.07) is 0. The molecule has 0 aromatic carbocycles. The Morgan fingerprint density at radius 2 is 2.18 bits per heavy atom. The molecule has 0 spiro atoms. The second-order valence-electron chi connectivity index (χ2n) is 3.24. The van der Waals surface area contributed by atoms with Gasteiger partial charge in [0.2, 0.25) is 10.9 Å². The third-order valence-corrected chi connectivity index (χ3v) is 4.73. The van der Waals surface area contributed by atoms with E-state index in [9.17, 15) is 13.2 Å². The molecule has 10 heteroatoms. The van der Waals surface area contributed by atoms with Crippen molar-refractivity contribution in [1.82, 2.24) is 24.6 Å². The molecule has 0 bridgehead atoms. The predicted molar refractivity (Wildman–Crippen MR) is 62.6 cm³/mol. The number of halogens is 1. The molecule has 1 aromatic heterocycles. The minimum absolute atomic E-state index is 0.0936. The molecular weight excluding hydrogens is 314 g/mol. The lowest BCUT2D eigenvalue weighted by atomic mass is 10.6. The average molecular weight is 326 g/mol. The van der Waals surface area contributed by atoms with Crippen molar-refractivity contribution in [3.05, 3.63) is 4.60 Å². The largest absolute Gasteiger partial charge is 0.358 e. The molecule has 0 fully saturated rings. The second-order valence-corrected chi connectivity index (χ2v) is 5.95. The number of nitrogens with zero attached hydrogens (tertiary/aromatic N) is 4. The van der Waals surface area contributed by atoms with Crippen LogP contribution in [0.25, 0.3) is 0 Å². The van der Waals surface area contributed by atoms with Gasteiger partial charge in [-0.2, -0.15) is 4.31 Å². The van der Waals surface area contributed by atoms with Crippen LogP contribution in [0.5, 0.6) is 0 Å². The number of aromatic nitrogens is 3. The summed E-state index contributed by atoms with van der Waals surface area (Å²) in [4.78, 5) is 11.1. The predicted octanol–water partition coefficient (Wildman–Crippen LogP) is -1.06. The van der Waals surface area contributed by atoms with Crippen molar-refractivity contribution in [3.8, 4) is 0 Å². The lowest BCUT2D eigenvalue weighted by molar-refractivity contribution is -0.120. The Bertz CT molecular complexity index is 506. The summed E-state index contributed by atoms with van der Waals surface area (Å²) in [5, 5.41) is 9.42. The molecule has 0 saturated heterocycles. The van der Waals surface area contributed by atoms with Gasteiger partial charge in [0.05, 0.1) is 6.54 Å². The molecular formula is C7H12BrN5O3S. The standard InChI is InChI=1S/C7H12BrN5O3S/c1-9-5(14)4-12(2)17(15,16)7-6(8)10-11-13(7)3/h4H2,1-3H3,(H,9,14). The van der Waals surface area contributed by atoms with E-state index in [0.29, 0.717) is 0 Å². The van der Waals surface area contributed by atoms with Gasteiger partial charge in [-0.3, -0.25) is 4.79 Å². The van der Waals surface area contributed by atoms with Gasteiger partial charge in [0, 0.05) is 21.1 Å². The number of carbonyl (C=O) groups is 1. The number of hydrogen-bond acceptors (Lipinski definition) is 5. The first-order valence-corrected chi connectivity index (χ1v) is 6.76. The summed E-state index contributed by atoms with van der Waals surface area (Å²) >= 11 is 3.00. The van der Waals surface area contributed by atoms with Gasteiger partial charge in [-0.1, -0.05) is 5.21 Å². The van der Waals surface area contributed by atoms with E-state index in [0.717, 1.165) is 8.99 Å². The van der Waals surface area contributed by atoms with Crippen LogP contribution in [-0.2, 0) is 21.9 Å². The molecule has 1 amide bonds. The second kappa shape index (κ2) is 5.10. The lowest BCUT2D eigenvalue weighted by Crippen LogP contribution is -2.37. The van der Waals surface area contributed by atoms with Crippen LogP contribution in [0.2, 0.25) is 0 Å². The Balaban J connectivity index is 3.08. The summed E-state index contributed by atoms with van der Waals surface area (Å²) in [5.74, 6) is -0.401. The molecule has 1 N–H and O–H groups in total. The molecule has 17 heavy (non-hydrogen) atoms. The van der Waals surface area contributed by atoms with E-state index < -0.39 is 15.9 Å². The Hall–Kier alpha value is -1.00. The molecule has 1 heterocycles. The van der Waals surface area contributed by atoms with E-state index >= 15 is 0 Å². The van der Waals surface area contributed by atoms with Gasteiger partial charge in [0.15, 0.2) is 4.60 Å². The lowest BCUT2D eigenvalue weighted by Gasteiger charge is -2.15. The minimum atomic E-state index is -3.80. The van der Waals surface area contributed by atoms with Crippen molar-refractivity contribution < 1.29 is 13.2 Å². The van der Waals surface area contributed by atoms with Crippen LogP contribution in [0.15, 0.2) is 9.63 Å². The van der Waals surface area contributed by atoms with Crippen molar-refractivity contribution in [3.63, 3.8) is 0 Å². The van der Waals surface area contributed by atoms with Crippen molar-refractivity contribution in [2.45, 2.75) is 5.03 Å². The zero-order valence-electron chi connectivity index (χ0n) is 9.51. The molecule has 0 aliphatic rings. The highest BCUT2D eigenvalue weighted by molar-refractivity contribution is 9.10. The monoisotopic (exact) mass is 325 g/mol. The number of carbonyl (C=O) groups excluding carboxylic acids is 1. The summed E-state index contributed by atoms with van der Waals surface area (Å²) in [7, 11) is 0.403. The molecule has 1 rings (SSSR count). The van der Waals surface area contributed by atoms with E-state index in [1.807, 2.05) is 0 Å². The zero-order chi connectivity index (χ0) is 13.2. The molecule has 96 valence electrons. The number of aryl methyl sites for hydroxylation is 1. The fourth-order valence-corrected chi connectivity index (χ4v) is 3.26. The van der Waals surface area contributed by atoms with Crippen molar-refractivity contribution >= 4 is 31.9 Å². The van der Waals surface area contributed by atoms with E-state index in [2.05, 4.69) is 31.6 Å².